The largest absolute Gasteiger partial charge is 0.469 e. The van der Waals surface area contributed by atoms with Crippen LogP contribution < -0.4 is 0 Å². The number of fused-ring (bicyclic) bond motifs is 1. The Morgan fingerprint density at radius 2 is 2.18 bits per heavy atom. The average Bonchev–Trinajstić information content (AvgIpc) is 2.36. The predicted molar refractivity (Wildman–Crippen MR) is 66.8 cm³/mol. The van der Waals surface area contributed by atoms with Crippen molar-refractivity contribution in [3.05, 3.63) is 0 Å². The van der Waals surface area contributed by atoms with Crippen LogP contribution in [0.1, 0.15) is 25.7 Å². The SMILES string of the molecule is COC(=O)CCN1CCC2C(CCCN2C)C1. The Balaban J connectivity index is 1.79. The molecule has 4 nitrogen and oxygen atoms in total. The molecule has 0 radical (unpaired) electrons. The monoisotopic (exact) mass is 240 g/mol. The molecule has 2 heterocycles. The molecule has 0 aliphatic carbocycles. The number of methoxy groups -OCH3 is 1. The molecule has 2 rings (SSSR count). The van der Waals surface area contributed by atoms with Crippen LogP contribution in [0.2, 0.25) is 0 Å². The van der Waals surface area contributed by atoms with Gasteiger partial charge in [-0.05, 0) is 45.3 Å². The lowest BCUT2D eigenvalue weighted by Gasteiger charge is -2.46. The van der Waals surface area contributed by atoms with Crippen molar-refractivity contribution < 1.29 is 9.53 Å². The van der Waals surface area contributed by atoms with E-state index in [4.69, 9.17) is 4.74 Å². The number of ether oxygens (including phenoxy) is 1. The van der Waals surface area contributed by atoms with Crippen LogP contribution in [0.25, 0.3) is 0 Å². The lowest BCUT2D eigenvalue weighted by molar-refractivity contribution is -0.141. The zero-order valence-electron chi connectivity index (χ0n) is 11.0. The topological polar surface area (TPSA) is 32.8 Å². The van der Waals surface area contributed by atoms with E-state index in [9.17, 15) is 4.79 Å². The van der Waals surface area contributed by atoms with Gasteiger partial charge in [-0.3, -0.25) is 4.79 Å². The number of likely N-dealkylation sites (tertiary alicyclic amines) is 2. The maximum Gasteiger partial charge on any atom is 0.306 e. The molecule has 2 aliphatic heterocycles. The van der Waals surface area contributed by atoms with E-state index in [0.29, 0.717) is 6.42 Å². The van der Waals surface area contributed by atoms with E-state index >= 15 is 0 Å². The van der Waals surface area contributed by atoms with Crippen LogP contribution in [0.15, 0.2) is 0 Å². The fraction of sp³-hybridized carbons (Fsp3) is 0.923. The zero-order valence-corrected chi connectivity index (χ0v) is 11.0. The molecule has 17 heavy (non-hydrogen) atoms. The quantitative estimate of drug-likeness (QED) is 0.688. The van der Waals surface area contributed by atoms with Crippen molar-refractivity contribution in [3.8, 4) is 0 Å². The normalized spacial score (nSPS) is 30.9. The highest BCUT2D eigenvalue weighted by atomic mass is 16.5. The van der Waals surface area contributed by atoms with Crippen LogP contribution in [0.4, 0.5) is 0 Å². The zero-order chi connectivity index (χ0) is 12.3. The van der Waals surface area contributed by atoms with Crippen LogP contribution >= 0.6 is 0 Å². The summed E-state index contributed by atoms with van der Waals surface area (Å²) in [6.45, 7) is 4.40. The fourth-order valence-corrected chi connectivity index (χ4v) is 3.28. The molecule has 0 spiro atoms. The van der Waals surface area contributed by atoms with Gasteiger partial charge in [-0.1, -0.05) is 0 Å². The van der Waals surface area contributed by atoms with Crippen molar-refractivity contribution in [2.75, 3.05) is 40.3 Å². The molecule has 2 fully saturated rings. The maximum absolute atomic E-state index is 11.1. The van der Waals surface area contributed by atoms with E-state index in [1.807, 2.05) is 0 Å². The number of piperidine rings is 2. The molecule has 0 bridgehead atoms. The molecule has 0 amide bonds. The first-order chi connectivity index (χ1) is 8.20. The van der Waals surface area contributed by atoms with Gasteiger partial charge in [-0.2, -0.15) is 0 Å². The van der Waals surface area contributed by atoms with Crippen molar-refractivity contribution in [1.29, 1.82) is 0 Å². The minimum atomic E-state index is -0.0899. The number of carbonyl (C=O) groups is 1. The third kappa shape index (κ3) is 3.19. The Kier molecular flexibility index (Phi) is 4.40. The van der Waals surface area contributed by atoms with Gasteiger partial charge in [0.15, 0.2) is 0 Å². The van der Waals surface area contributed by atoms with E-state index in [0.717, 1.165) is 31.6 Å². The van der Waals surface area contributed by atoms with E-state index in [1.54, 1.807) is 0 Å². The minimum absolute atomic E-state index is 0.0899. The van der Waals surface area contributed by atoms with Crippen molar-refractivity contribution >= 4 is 5.97 Å². The van der Waals surface area contributed by atoms with Crippen LogP contribution in [0.3, 0.4) is 0 Å². The van der Waals surface area contributed by atoms with Crippen LogP contribution in [-0.4, -0.2) is 62.1 Å². The van der Waals surface area contributed by atoms with Crippen molar-refractivity contribution in [3.63, 3.8) is 0 Å². The molecule has 0 aromatic carbocycles. The first kappa shape index (κ1) is 12.8. The summed E-state index contributed by atoms with van der Waals surface area (Å²) in [5, 5.41) is 0. The second-order valence-electron chi connectivity index (χ2n) is 5.37. The van der Waals surface area contributed by atoms with Crippen LogP contribution in [-0.2, 0) is 9.53 Å². The number of nitrogens with zero attached hydrogens (tertiary/aromatic N) is 2. The summed E-state index contributed by atoms with van der Waals surface area (Å²) >= 11 is 0. The summed E-state index contributed by atoms with van der Waals surface area (Å²) in [6.07, 6.45) is 4.46. The number of rotatable bonds is 3. The Morgan fingerprint density at radius 1 is 1.35 bits per heavy atom. The molecule has 4 heteroatoms. The lowest BCUT2D eigenvalue weighted by atomic mass is 9.84. The average molecular weight is 240 g/mol. The highest BCUT2D eigenvalue weighted by Gasteiger charge is 2.33. The van der Waals surface area contributed by atoms with E-state index in [1.165, 1.54) is 32.9 Å². The molecule has 0 N–H and O–H groups in total. The summed E-state index contributed by atoms with van der Waals surface area (Å²) in [6, 6.07) is 0.776. The van der Waals surface area contributed by atoms with E-state index < -0.39 is 0 Å². The van der Waals surface area contributed by atoms with Crippen LogP contribution in [0.5, 0.6) is 0 Å². The van der Waals surface area contributed by atoms with Gasteiger partial charge in [0, 0.05) is 19.1 Å². The Bertz CT molecular complexity index is 270. The summed E-state index contributed by atoms with van der Waals surface area (Å²) in [4.78, 5) is 16.1. The first-order valence-corrected chi connectivity index (χ1v) is 6.70. The number of hydrogen-bond donors (Lipinski definition) is 0. The predicted octanol–water partition coefficient (Wildman–Crippen LogP) is 0.966. The molecule has 0 aromatic rings. The minimum Gasteiger partial charge on any atom is -0.469 e. The first-order valence-electron chi connectivity index (χ1n) is 6.70. The number of carbonyl (C=O) groups excluding carboxylic acids is 1. The maximum atomic E-state index is 11.1. The summed E-state index contributed by atoms with van der Waals surface area (Å²) in [5.41, 5.74) is 0. The molecular weight excluding hydrogens is 216 g/mol. The lowest BCUT2D eigenvalue weighted by Crippen LogP contribution is -2.52. The molecule has 0 aromatic heterocycles. The van der Waals surface area contributed by atoms with Crippen molar-refractivity contribution in [1.82, 2.24) is 9.80 Å². The second-order valence-corrected chi connectivity index (χ2v) is 5.37. The Morgan fingerprint density at radius 3 is 2.94 bits per heavy atom. The van der Waals surface area contributed by atoms with Gasteiger partial charge >= 0.3 is 5.97 Å². The summed E-state index contributed by atoms with van der Waals surface area (Å²) in [5.74, 6) is 0.716. The standard InChI is InChI=1S/C13H24N2O2/c1-14-7-3-4-11-10-15(8-5-12(11)14)9-6-13(16)17-2/h11-12H,3-10H2,1-2H3. The molecule has 2 saturated heterocycles. The van der Waals surface area contributed by atoms with E-state index in [-0.39, 0.29) is 5.97 Å². The third-order valence-electron chi connectivity index (χ3n) is 4.29. The highest BCUT2D eigenvalue weighted by molar-refractivity contribution is 5.69. The van der Waals surface area contributed by atoms with Gasteiger partial charge in [-0.25, -0.2) is 0 Å². The molecule has 98 valence electrons. The number of hydrogen-bond acceptors (Lipinski definition) is 4. The van der Waals surface area contributed by atoms with Gasteiger partial charge in [0.05, 0.1) is 13.5 Å². The van der Waals surface area contributed by atoms with Gasteiger partial charge in [0.2, 0.25) is 0 Å². The Labute approximate surface area is 104 Å². The van der Waals surface area contributed by atoms with E-state index in [2.05, 4.69) is 16.8 Å². The van der Waals surface area contributed by atoms with Gasteiger partial charge in [0.25, 0.3) is 0 Å². The molecule has 2 unspecified atom stereocenters. The van der Waals surface area contributed by atoms with Crippen molar-refractivity contribution in [2.45, 2.75) is 31.7 Å². The molecule has 2 atom stereocenters. The van der Waals surface area contributed by atoms with Crippen molar-refractivity contribution in [2.24, 2.45) is 5.92 Å². The smallest absolute Gasteiger partial charge is 0.306 e. The number of esters is 1. The van der Waals surface area contributed by atoms with Gasteiger partial charge in [-0.15, -0.1) is 0 Å². The molecular formula is C13H24N2O2. The van der Waals surface area contributed by atoms with Crippen LogP contribution in [0, 0.1) is 5.92 Å². The highest BCUT2D eigenvalue weighted by Crippen LogP contribution is 2.29. The van der Waals surface area contributed by atoms with Gasteiger partial charge < -0.3 is 14.5 Å². The Hall–Kier alpha value is -0.610. The fourth-order valence-electron chi connectivity index (χ4n) is 3.28. The summed E-state index contributed by atoms with van der Waals surface area (Å²) in [7, 11) is 3.71. The summed E-state index contributed by atoms with van der Waals surface area (Å²) < 4.78 is 4.69. The molecule has 2 aliphatic rings. The molecule has 0 saturated carbocycles. The second kappa shape index (κ2) is 5.83. The third-order valence-corrected chi connectivity index (χ3v) is 4.29. The van der Waals surface area contributed by atoms with Gasteiger partial charge in [0.1, 0.15) is 0 Å².